The molecule has 0 aromatic rings. The van der Waals surface area contributed by atoms with Gasteiger partial charge in [0.15, 0.2) is 0 Å². The van der Waals surface area contributed by atoms with Gasteiger partial charge < -0.3 is 120 Å². The highest BCUT2D eigenvalue weighted by atomic mass is 16.6. The minimum atomic E-state index is -2.08. The molecule has 0 aromatic carbocycles. The molecule has 0 aliphatic heterocycles. The number of carbonyl (C=O) groups excluding carboxylic acids is 6. The van der Waals surface area contributed by atoms with E-state index in [0.29, 0.717) is 0 Å². The summed E-state index contributed by atoms with van der Waals surface area (Å²) in [7, 11) is 0. The van der Waals surface area contributed by atoms with Gasteiger partial charge >= 0.3 is 35.8 Å². The molecule has 0 aliphatic carbocycles. The van der Waals surface area contributed by atoms with Gasteiger partial charge in [-0.25, -0.2) is 0 Å². The molecule has 0 saturated carbocycles. The van der Waals surface area contributed by atoms with Crippen molar-refractivity contribution in [2.45, 2.75) is 175 Å². The van der Waals surface area contributed by atoms with Crippen LogP contribution >= 0.6 is 0 Å². The van der Waals surface area contributed by atoms with E-state index in [4.69, 9.17) is 38.6 Å². The Kier molecular flexibility index (Phi) is 35.7. The third kappa shape index (κ3) is 28.5. The molecule has 0 radical (unpaired) electrons. The number of hydrogen-bond donors (Lipinski definition) is 18. The number of esters is 6. The Balaban J connectivity index is 4.29. The molecule has 0 saturated heterocycles. The lowest BCUT2D eigenvalue weighted by atomic mass is 10.0. The molecule has 0 amide bonds. The molecule has 0 bridgehead atoms. The molecule has 422 valence electrons. The second-order valence-electron chi connectivity index (χ2n) is 16.5. The highest BCUT2D eigenvalue weighted by molar-refractivity contribution is 5.72. The number of carbonyl (C=O) groups is 6. The molecule has 0 spiro atoms. The Morgan fingerprint density at radius 1 is 0.236 bits per heavy atom. The Labute approximate surface area is 412 Å². The normalized spacial score (nSPS) is 18.4. The maximum atomic E-state index is 12.1. The predicted octanol–water partition coefficient (Wildman–Crippen LogP) is -9.31. The van der Waals surface area contributed by atoms with Gasteiger partial charge in [-0.1, -0.05) is 0 Å². The number of aliphatic hydroxyl groups is 18. The number of ether oxygens (including phenoxy) is 6. The van der Waals surface area contributed by atoms with E-state index >= 15 is 0 Å². The SMILES string of the molecule is O=C(CCCCC(=O)OC[C@H](O)[C@@H](O)[C@H](O)[C@H](O)COC(=O)CCCCC(=O)OC[C@@H](O)[C@@H](O)[C@H](O)[C@@H](O)COC(=O)CCCCC(=O)OC[C@@H](O)[C@@H](O)[C@H](O)[C@@H](O)CO)OC[C@@H](O)[C@@H](O)[C@H](O)[C@@H](O)CO. The van der Waals surface area contributed by atoms with E-state index in [1.807, 2.05) is 0 Å². The van der Waals surface area contributed by atoms with Crippen molar-refractivity contribution in [3.8, 4) is 0 Å². The molecule has 0 heterocycles. The standard InChI is InChI=1S/C42H74O30/c43-13-21(45)35(59)37(61)23(47)15-67-29(53)7-1-3-9-31(55)69-17-25(49)39(63)41(65)27(51)19-71-33(57)11-5-6-12-34(58)72-20-28(52)42(66)40(64)26(50)18-70-32(56)10-4-2-8-30(54)68-16-24(48)38(62)36(60)22(46)14-44/h21-28,35-52,59-66H,1-20H2/t21-,22-,23+,24+,25-,26-,27+,28+,35+,36+,37+,38+,39+,40+,41+,42+/m0/s1. The van der Waals surface area contributed by atoms with Crippen LogP contribution in [-0.4, -0.2) is 278 Å². The lowest BCUT2D eigenvalue weighted by Crippen LogP contribution is -2.48. The second kappa shape index (κ2) is 37.8. The average Bonchev–Trinajstić information content (AvgIpc) is 3.37. The quantitative estimate of drug-likeness (QED) is 0.0154. The Morgan fingerprint density at radius 2 is 0.361 bits per heavy atom. The number of unbranched alkanes of at least 4 members (excludes halogenated alkanes) is 3. The van der Waals surface area contributed by atoms with Crippen LogP contribution in [0.25, 0.3) is 0 Å². The largest absolute Gasteiger partial charge is 0.463 e. The zero-order valence-electron chi connectivity index (χ0n) is 39.3. The fraction of sp³-hybridized carbons (Fsp3) is 0.857. The maximum Gasteiger partial charge on any atom is 0.305 e. The molecule has 0 aliphatic rings. The first-order chi connectivity index (χ1) is 33.8. The van der Waals surface area contributed by atoms with Crippen molar-refractivity contribution < 1.29 is 149 Å². The summed E-state index contributed by atoms with van der Waals surface area (Å²) in [5, 5.41) is 175. The lowest BCUT2D eigenvalue weighted by Gasteiger charge is -2.26. The number of aliphatic hydroxyl groups excluding tert-OH is 18. The first-order valence-corrected chi connectivity index (χ1v) is 22.8. The highest BCUT2D eigenvalue weighted by Crippen LogP contribution is 2.13. The van der Waals surface area contributed by atoms with E-state index in [2.05, 4.69) is 0 Å². The molecule has 18 N–H and O–H groups in total. The molecule has 0 aromatic heterocycles. The van der Waals surface area contributed by atoms with Crippen LogP contribution in [0.1, 0.15) is 77.0 Å². The predicted molar refractivity (Wildman–Crippen MR) is 231 cm³/mol. The number of hydrogen-bond acceptors (Lipinski definition) is 30. The Hall–Kier alpha value is -3.90. The summed E-state index contributed by atoms with van der Waals surface area (Å²) < 4.78 is 28.8. The molecule has 16 atom stereocenters. The summed E-state index contributed by atoms with van der Waals surface area (Å²) in [5.74, 6) is -5.23. The van der Waals surface area contributed by atoms with Crippen LogP contribution in [0.15, 0.2) is 0 Å². The van der Waals surface area contributed by atoms with Crippen molar-refractivity contribution in [2.24, 2.45) is 0 Å². The Bertz CT molecular complexity index is 1430. The minimum Gasteiger partial charge on any atom is -0.463 e. The summed E-state index contributed by atoms with van der Waals surface area (Å²) in [6, 6.07) is 0. The molecule has 0 unspecified atom stereocenters. The van der Waals surface area contributed by atoms with Crippen LogP contribution in [0.2, 0.25) is 0 Å². The molecular weight excluding hydrogens is 984 g/mol. The lowest BCUT2D eigenvalue weighted by molar-refractivity contribution is -0.163. The van der Waals surface area contributed by atoms with Crippen molar-refractivity contribution in [1.29, 1.82) is 0 Å². The van der Waals surface area contributed by atoms with E-state index in [-0.39, 0.29) is 77.0 Å². The molecule has 30 heteroatoms. The molecule has 30 nitrogen and oxygen atoms in total. The molecular formula is C42H74O30. The summed E-state index contributed by atoms with van der Waals surface area (Å²) in [6.45, 7) is -6.62. The van der Waals surface area contributed by atoms with E-state index < -0.39 is 186 Å². The van der Waals surface area contributed by atoms with Crippen LogP contribution in [0.4, 0.5) is 0 Å². The van der Waals surface area contributed by atoms with Crippen LogP contribution < -0.4 is 0 Å². The van der Waals surface area contributed by atoms with Crippen molar-refractivity contribution in [2.75, 3.05) is 52.9 Å². The highest BCUT2D eigenvalue weighted by Gasteiger charge is 2.35. The van der Waals surface area contributed by atoms with Gasteiger partial charge in [0, 0.05) is 38.5 Å². The van der Waals surface area contributed by atoms with Crippen LogP contribution in [0, 0.1) is 0 Å². The zero-order chi connectivity index (χ0) is 55.1. The third-order valence-electron chi connectivity index (χ3n) is 10.5. The van der Waals surface area contributed by atoms with Gasteiger partial charge in [0.1, 0.15) is 137 Å². The van der Waals surface area contributed by atoms with E-state index in [1.165, 1.54) is 0 Å². The van der Waals surface area contributed by atoms with E-state index in [0.717, 1.165) is 0 Å². The molecule has 72 heavy (non-hydrogen) atoms. The zero-order valence-corrected chi connectivity index (χ0v) is 39.3. The minimum absolute atomic E-state index is 0.0361. The van der Waals surface area contributed by atoms with Gasteiger partial charge in [-0.15, -0.1) is 0 Å². The van der Waals surface area contributed by atoms with Gasteiger partial charge in [-0.2, -0.15) is 0 Å². The van der Waals surface area contributed by atoms with Crippen LogP contribution in [0.5, 0.6) is 0 Å². The van der Waals surface area contributed by atoms with Gasteiger partial charge in [-0.3, -0.25) is 28.8 Å². The van der Waals surface area contributed by atoms with Gasteiger partial charge in [0.05, 0.1) is 13.2 Å². The second-order valence-corrected chi connectivity index (χ2v) is 16.5. The summed E-state index contributed by atoms with van der Waals surface area (Å²) >= 11 is 0. The van der Waals surface area contributed by atoms with Gasteiger partial charge in [0.25, 0.3) is 0 Å². The van der Waals surface area contributed by atoms with E-state index in [9.17, 15) is 110 Å². The van der Waals surface area contributed by atoms with Crippen LogP contribution in [-0.2, 0) is 57.2 Å². The van der Waals surface area contributed by atoms with Crippen molar-refractivity contribution in [1.82, 2.24) is 0 Å². The summed E-state index contributed by atoms with van der Waals surface area (Å²) in [6.07, 6.45) is -31.9. The van der Waals surface area contributed by atoms with Crippen LogP contribution in [0.3, 0.4) is 0 Å². The third-order valence-corrected chi connectivity index (χ3v) is 10.5. The first kappa shape index (κ1) is 68.1. The topological polar surface area (TPSA) is 522 Å². The van der Waals surface area contributed by atoms with Crippen molar-refractivity contribution >= 4 is 35.8 Å². The van der Waals surface area contributed by atoms with Gasteiger partial charge in [-0.05, 0) is 38.5 Å². The summed E-state index contributed by atoms with van der Waals surface area (Å²) in [4.78, 5) is 71.9. The Morgan fingerprint density at radius 3 is 0.486 bits per heavy atom. The fourth-order valence-electron chi connectivity index (χ4n) is 5.75. The average molecular weight is 1060 g/mol. The fourth-order valence-corrected chi connectivity index (χ4v) is 5.75. The smallest absolute Gasteiger partial charge is 0.305 e. The van der Waals surface area contributed by atoms with E-state index in [1.54, 1.807) is 0 Å². The van der Waals surface area contributed by atoms with Gasteiger partial charge in [0.2, 0.25) is 0 Å². The maximum absolute atomic E-state index is 12.1. The molecule has 0 fully saturated rings. The van der Waals surface area contributed by atoms with Crippen molar-refractivity contribution in [3.63, 3.8) is 0 Å². The monoisotopic (exact) mass is 1060 g/mol. The molecule has 0 rings (SSSR count). The summed E-state index contributed by atoms with van der Waals surface area (Å²) in [5.41, 5.74) is 0. The van der Waals surface area contributed by atoms with Crippen molar-refractivity contribution in [3.05, 3.63) is 0 Å². The first-order valence-electron chi connectivity index (χ1n) is 22.8. The number of rotatable bonds is 41.